The highest BCUT2D eigenvalue weighted by Gasteiger charge is 2.19. The van der Waals surface area contributed by atoms with Crippen molar-refractivity contribution in [2.45, 2.75) is 24.9 Å². The van der Waals surface area contributed by atoms with E-state index in [0.717, 1.165) is 24.0 Å². The zero-order valence-electron chi connectivity index (χ0n) is 11.9. The first-order valence-electron chi connectivity index (χ1n) is 7.21. The monoisotopic (exact) mass is 274 g/mol. The second kappa shape index (κ2) is 5.52. The molecular formula is C15H22N4O. The van der Waals surface area contributed by atoms with E-state index in [1.165, 1.54) is 18.4 Å². The van der Waals surface area contributed by atoms with Crippen molar-refractivity contribution in [3.8, 4) is 0 Å². The SMILES string of the molecule is CN1CCC(c2ccc3cnn(C(N)CO)c3c2)CC1. The van der Waals surface area contributed by atoms with E-state index in [0.29, 0.717) is 5.92 Å². The van der Waals surface area contributed by atoms with Crippen LogP contribution in [0.15, 0.2) is 24.4 Å². The molecule has 0 spiro atoms. The molecule has 20 heavy (non-hydrogen) atoms. The van der Waals surface area contributed by atoms with Gasteiger partial charge in [-0.15, -0.1) is 0 Å². The number of aliphatic hydroxyl groups excluding tert-OH is 1. The Morgan fingerprint density at radius 1 is 1.40 bits per heavy atom. The first-order chi connectivity index (χ1) is 9.69. The maximum absolute atomic E-state index is 9.22. The van der Waals surface area contributed by atoms with Gasteiger partial charge in [-0.3, -0.25) is 0 Å². The van der Waals surface area contributed by atoms with E-state index in [1.54, 1.807) is 4.68 Å². The molecular weight excluding hydrogens is 252 g/mol. The lowest BCUT2D eigenvalue weighted by Gasteiger charge is -2.29. The maximum Gasteiger partial charge on any atom is 0.123 e. The fraction of sp³-hybridized carbons (Fsp3) is 0.533. The zero-order valence-corrected chi connectivity index (χ0v) is 11.9. The Bertz CT molecular complexity index is 587. The van der Waals surface area contributed by atoms with Gasteiger partial charge in [0.05, 0.1) is 18.3 Å². The normalized spacial score (nSPS) is 19.6. The van der Waals surface area contributed by atoms with Crippen molar-refractivity contribution in [3.05, 3.63) is 30.0 Å². The lowest BCUT2D eigenvalue weighted by atomic mass is 9.89. The summed E-state index contributed by atoms with van der Waals surface area (Å²) in [6, 6.07) is 6.50. The molecule has 1 aromatic carbocycles. The minimum Gasteiger partial charge on any atom is -0.393 e. The van der Waals surface area contributed by atoms with Crippen molar-refractivity contribution in [2.24, 2.45) is 5.73 Å². The van der Waals surface area contributed by atoms with Crippen LogP contribution in [0.2, 0.25) is 0 Å². The van der Waals surface area contributed by atoms with Gasteiger partial charge in [-0.25, -0.2) is 4.68 Å². The van der Waals surface area contributed by atoms with Gasteiger partial charge in [0.25, 0.3) is 0 Å². The van der Waals surface area contributed by atoms with E-state index in [4.69, 9.17) is 5.73 Å². The number of hydrogen-bond donors (Lipinski definition) is 2. The summed E-state index contributed by atoms with van der Waals surface area (Å²) in [7, 11) is 2.18. The molecule has 3 N–H and O–H groups in total. The van der Waals surface area contributed by atoms with Crippen LogP contribution in [-0.2, 0) is 0 Å². The molecule has 5 nitrogen and oxygen atoms in total. The number of hydrogen-bond acceptors (Lipinski definition) is 4. The van der Waals surface area contributed by atoms with Gasteiger partial charge in [0.15, 0.2) is 0 Å². The molecule has 0 saturated carbocycles. The standard InChI is InChI=1S/C15H22N4O/c1-18-6-4-11(5-7-18)12-2-3-13-9-17-19(14(13)8-12)15(16)10-20/h2-3,8-9,11,15,20H,4-7,10,16H2,1H3. The largest absolute Gasteiger partial charge is 0.393 e. The summed E-state index contributed by atoms with van der Waals surface area (Å²) < 4.78 is 1.72. The van der Waals surface area contributed by atoms with Crippen LogP contribution in [0.1, 0.15) is 30.5 Å². The summed E-state index contributed by atoms with van der Waals surface area (Å²) in [6.07, 6.45) is 3.73. The first kappa shape index (κ1) is 13.5. The number of rotatable bonds is 3. The second-order valence-electron chi connectivity index (χ2n) is 5.73. The summed E-state index contributed by atoms with van der Waals surface area (Å²) in [6.45, 7) is 2.20. The number of piperidine rings is 1. The number of aromatic nitrogens is 2. The van der Waals surface area contributed by atoms with Crippen molar-refractivity contribution in [3.63, 3.8) is 0 Å². The van der Waals surface area contributed by atoms with Crippen molar-refractivity contribution < 1.29 is 5.11 Å². The minimum atomic E-state index is -0.472. The number of likely N-dealkylation sites (tertiary alicyclic amines) is 1. The Labute approximate surface area is 119 Å². The smallest absolute Gasteiger partial charge is 0.123 e. The summed E-state index contributed by atoms with van der Waals surface area (Å²) in [4.78, 5) is 2.38. The molecule has 0 amide bonds. The second-order valence-corrected chi connectivity index (χ2v) is 5.73. The van der Waals surface area contributed by atoms with Gasteiger partial charge >= 0.3 is 0 Å². The molecule has 1 aliphatic rings. The molecule has 1 aromatic heterocycles. The summed E-state index contributed by atoms with van der Waals surface area (Å²) in [5.41, 5.74) is 8.27. The maximum atomic E-state index is 9.22. The lowest BCUT2D eigenvalue weighted by molar-refractivity contribution is 0.225. The third kappa shape index (κ3) is 2.44. The van der Waals surface area contributed by atoms with E-state index in [1.807, 2.05) is 6.20 Å². The highest BCUT2D eigenvalue weighted by atomic mass is 16.3. The van der Waals surface area contributed by atoms with E-state index in [9.17, 15) is 5.11 Å². The van der Waals surface area contributed by atoms with Crippen molar-refractivity contribution in [1.82, 2.24) is 14.7 Å². The molecule has 5 heteroatoms. The van der Waals surface area contributed by atoms with Crippen molar-refractivity contribution in [2.75, 3.05) is 26.7 Å². The van der Waals surface area contributed by atoms with E-state index >= 15 is 0 Å². The number of nitrogens with zero attached hydrogens (tertiary/aromatic N) is 3. The van der Waals surface area contributed by atoms with Crippen LogP contribution >= 0.6 is 0 Å². The van der Waals surface area contributed by atoms with Crippen LogP contribution in [0.5, 0.6) is 0 Å². The molecule has 108 valence electrons. The van der Waals surface area contributed by atoms with Gasteiger partial charge in [0.1, 0.15) is 6.17 Å². The number of benzene rings is 1. The topological polar surface area (TPSA) is 67.3 Å². The summed E-state index contributed by atoms with van der Waals surface area (Å²) >= 11 is 0. The van der Waals surface area contributed by atoms with Crippen LogP contribution in [0.25, 0.3) is 10.9 Å². The first-order valence-corrected chi connectivity index (χ1v) is 7.21. The number of fused-ring (bicyclic) bond motifs is 1. The lowest BCUT2D eigenvalue weighted by Crippen LogP contribution is -2.29. The molecule has 3 rings (SSSR count). The van der Waals surface area contributed by atoms with Crippen LogP contribution in [-0.4, -0.2) is 46.5 Å². The van der Waals surface area contributed by atoms with Crippen molar-refractivity contribution in [1.29, 1.82) is 0 Å². The van der Waals surface area contributed by atoms with Crippen LogP contribution in [0, 0.1) is 0 Å². The Kier molecular flexibility index (Phi) is 3.74. The Morgan fingerprint density at radius 2 is 2.15 bits per heavy atom. The molecule has 0 bridgehead atoms. The predicted molar refractivity (Wildman–Crippen MR) is 79.5 cm³/mol. The molecule has 1 fully saturated rings. The average Bonchev–Trinajstić information content (AvgIpc) is 2.90. The fourth-order valence-electron chi connectivity index (χ4n) is 2.99. The molecule has 2 aromatic rings. The molecule has 1 aliphatic heterocycles. The molecule has 1 saturated heterocycles. The third-order valence-corrected chi connectivity index (χ3v) is 4.31. The highest BCUT2D eigenvalue weighted by molar-refractivity contribution is 5.79. The van der Waals surface area contributed by atoms with E-state index in [-0.39, 0.29) is 6.61 Å². The van der Waals surface area contributed by atoms with Gasteiger partial charge in [0.2, 0.25) is 0 Å². The minimum absolute atomic E-state index is 0.102. The molecule has 2 heterocycles. The van der Waals surface area contributed by atoms with Gasteiger partial charge in [-0.1, -0.05) is 12.1 Å². The zero-order chi connectivity index (χ0) is 14.1. The van der Waals surface area contributed by atoms with E-state index < -0.39 is 6.17 Å². The van der Waals surface area contributed by atoms with E-state index in [2.05, 4.69) is 35.2 Å². The Morgan fingerprint density at radius 3 is 2.85 bits per heavy atom. The van der Waals surface area contributed by atoms with Crippen LogP contribution < -0.4 is 5.73 Å². The Hall–Kier alpha value is -1.43. The average molecular weight is 274 g/mol. The van der Waals surface area contributed by atoms with Crippen LogP contribution in [0.3, 0.4) is 0 Å². The quantitative estimate of drug-likeness (QED) is 0.885. The van der Waals surface area contributed by atoms with Crippen LogP contribution in [0.4, 0.5) is 0 Å². The van der Waals surface area contributed by atoms with Gasteiger partial charge in [0, 0.05) is 5.39 Å². The molecule has 0 radical (unpaired) electrons. The highest BCUT2D eigenvalue weighted by Crippen LogP contribution is 2.30. The van der Waals surface area contributed by atoms with Gasteiger partial charge < -0.3 is 15.7 Å². The Balaban J connectivity index is 1.93. The van der Waals surface area contributed by atoms with Gasteiger partial charge in [-0.2, -0.15) is 5.10 Å². The molecule has 1 unspecified atom stereocenters. The summed E-state index contributed by atoms with van der Waals surface area (Å²) in [5.74, 6) is 0.615. The number of nitrogens with two attached hydrogens (primary N) is 1. The predicted octanol–water partition coefficient (Wildman–Crippen LogP) is 1.30. The summed E-state index contributed by atoms with van der Waals surface area (Å²) in [5, 5.41) is 14.6. The third-order valence-electron chi connectivity index (χ3n) is 4.31. The fourth-order valence-corrected chi connectivity index (χ4v) is 2.99. The number of aliphatic hydroxyl groups is 1. The van der Waals surface area contributed by atoms with Crippen molar-refractivity contribution >= 4 is 10.9 Å². The molecule has 1 atom stereocenters. The molecule has 0 aliphatic carbocycles. The van der Waals surface area contributed by atoms with Gasteiger partial charge in [-0.05, 0) is 50.5 Å².